The first-order chi connectivity index (χ1) is 15.8. The number of rotatable bonds is 8. The lowest BCUT2D eigenvalue weighted by Gasteiger charge is -2.25. The maximum atomic E-state index is 13.5. The SMILES string of the molecule is COC(=O)c1cccc(NC(=O)CN(c2ccccc2OC)S(=O)(=O)c2ccccc2)c1C. The van der Waals surface area contributed by atoms with Gasteiger partial charge in [-0.05, 0) is 48.9 Å². The van der Waals surface area contributed by atoms with Gasteiger partial charge in [0, 0.05) is 5.69 Å². The molecular formula is C24H24N2O6S. The van der Waals surface area contributed by atoms with Crippen molar-refractivity contribution in [3.8, 4) is 5.75 Å². The van der Waals surface area contributed by atoms with Crippen molar-refractivity contribution < 1.29 is 27.5 Å². The van der Waals surface area contributed by atoms with Crippen LogP contribution in [0.2, 0.25) is 0 Å². The summed E-state index contributed by atoms with van der Waals surface area (Å²) in [6.07, 6.45) is 0. The van der Waals surface area contributed by atoms with Gasteiger partial charge in [0.25, 0.3) is 10.0 Å². The summed E-state index contributed by atoms with van der Waals surface area (Å²) in [6.45, 7) is 1.15. The van der Waals surface area contributed by atoms with Gasteiger partial charge in [0.2, 0.25) is 5.91 Å². The van der Waals surface area contributed by atoms with Crippen molar-refractivity contribution in [3.63, 3.8) is 0 Å². The number of sulfonamides is 1. The smallest absolute Gasteiger partial charge is 0.338 e. The molecule has 0 bridgehead atoms. The average Bonchev–Trinajstić information content (AvgIpc) is 2.83. The molecule has 9 heteroatoms. The van der Waals surface area contributed by atoms with Crippen LogP contribution < -0.4 is 14.4 Å². The lowest BCUT2D eigenvalue weighted by Crippen LogP contribution is -2.38. The van der Waals surface area contributed by atoms with Crippen LogP contribution in [0.1, 0.15) is 15.9 Å². The van der Waals surface area contributed by atoms with Crippen molar-refractivity contribution in [1.29, 1.82) is 0 Å². The topological polar surface area (TPSA) is 102 Å². The molecule has 1 N–H and O–H groups in total. The monoisotopic (exact) mass is 468 g/mol. The molecule has 172 valence electrons. The van der Waals surface area contributed by atoms with Crippen LogP contribution in [0.25, 0.3) is 0 Å². The highest BCUT2D eigenvalue weighted by Gasteiger charge is 2.29. The molecule has 0 heterocycles. The number of hydrogen-bond acceptors (Lipinski definition) is 6. The van der Waals surface area contributed by atoms with Crippen LogP contribution >= 0.6 is 0 Å². The molecule has 8 nitrogen and oxygen atoms in total. The van der Waals surface area contributed by atoms with Gasteiger partial charge in [-0.15, -0.1) is 0 Å². The number of nitrogens with zero attached hydrogens (tertiary/aromatic N) is 1. The number of ether oxygens (including phenoxy) is 2. The Kier molecular flexibility index (Phi) is 7.34. The van der Waals surface area contributed by atoms with E-state index in [0.717, 1.165) is 4.31 Å². The third-order valence-electron chi connectivity index (χ3n) is 4.99. The maximum absolute atomic E-state index is 13.5. The van der Waals surface area contributed by atoms with E-state index < -0.39 is 28.4 Å². The van der Waals surface area contributed by atoms with E-state index in [1.165, 1.54) is 26.4 Å². The van der Waals surface area contributed by atoms with Gasteiger partial charge >= 0.3 is 5.97 Å². The van der Waals surface area contributed by atoms with Gasteiger partial charge < -0.3 is 14.8 Å². The molecule has 0 aliphatic carbocycles. The zero-order valence-corrected chi connectivity index (χ0v) is 19.3. The van der Waals surface area contributed by atoms with E-state index in [9.17, 15) is 18.0 Å². The number of carbonyl (C=O) groups is 2. The summed E-state index contributed by atoms with van der Waals surface area (Å²) < 4.78 is 38.0. The number of methoxy groups -OCH3 is 2. The molecule has 0 unspecified atom stereocenters. The van der Waals surface area contributed by atoms with Crippen LogP contribution in [0, 0.1) is 6.92 Å². The first kappa shape index (κ1) is 23.8. The fraction of sp³-hybridized carbons (Fsp3) is 0.167. The maximum Gasteiger partial charge on any atom is 0.338 e. The number of anilines is 2. The van der Waals surface area contributed by atoms with Gasteiger partial charge in [-0.2, -0.15) is 0 Å². The predicted octanol–water partition coefficient (Wildman–Crippen LogP) is 3.62. The molecule has 3 aromatic rings. The molecule has 33 heavy (non-hydrogen) atoms. The summed E-state index contributed by atoms with van der Waals surface area (Å²) in [5.74, 6) is -0.829. The zero-order valence-electron chi connectivity index (χ0n) is 18.4. The van der Waals surface area contributed by atoms with E-state index in [-0.39, 0.29) is 10.6 Å². The molecule has 0 aromatic heterocycles. The van der Waals surface area contributed by atoms with Crippen molar-refractivity contribution in [3.05, 3.63) is 83.9 Å². The first-order valence-corrected chi connectivity index (χ1v) is 11.4. The molecule has 0 spiro atoms. The molecular weight excluding hydrogens is 444 g/mol. The number of carbonyl (C=O) groups excluding carboxylic acids is 2. The Labute approximate surface area is 192 Å². The molecule has 0 fully saturated rings. The molecule has 0 aliphatic rings. The van der Waals surface area contributed by atoms with Crippen LogP contribution in [-0.4, -0.2) is 41.1 Å². The van der Waals surface area contributed by atoms with Gasteiger partial charge in [0.15, 0.2) is 0 Å². The molecule has 0 atom stereocenters. The summed E-state index contributed by atoms with van der Waals surface area (Å²) in [6, 6.07) is 19.2. The Morgan fingerprint density at radius 1 is 0.909 bits per heavy atom. The van der Waals surface area contributed by atoms with Crippen LogP contribution in [0.5, 0.6) is 5.75 Å². The van der Waals surface area contributed by atoms with E-state index in [1.54, 1.807) is 67.6 Å². The fourth-order valence-electron chi connectivity index (χ4n) is 3.28. The number of nitrogens with one attached hydrogen (secondary N) is 1. The van der Waals surface area contributed by atoms with Crippen LogP contribution in [-0.2, 0) is 19.6 Å². The van der Waals surface area contributed by atoms with Gasteiger partial charge in [-0.25, -0.2) is 13.2 Å². The predicted molar refractivity (Wildman–Crippen MR) is 125 cm³/mol. The van der Waals surface area contributed by atoms with E-state index in [0.29, 0.717) is 22.6 Å². The molecule has 0 aliphatic heterocycles. The Morgan fingerprint density at radius 3 is 2.24 bits per heavy atom. The number of amides is 1. The minimum absolute atomic E-state index is 0.0348. The van der Waals surface area contributed by atoms with Crippen molar-refractivity contribution in [2.75, 3.05) is 30.4 Å². The molecule has 0 radical (unpaired) electrons. The lowest BCUT2D eigenvalue weighted by atomic mass is 10.1. The summed E-state index contributed by atoms with van der Waals surface area (Å²) in [5.41, 5.74) is 1.40. The Morgan fingerprint density at radius 2 is 1.58 bits per heavy atom. The highest BCUT2D eigenvalue weighted by atomic mass is 32.2. The third kappa shape index (κ3) is 5.15. The Bertz CT molecular complexity index is 1260. The Hall–Kier alpha value is -3.85. The van der Waals surface area contributed by atoms with Crippen molar-refractivity contribution in [1.82, 2.24) is 0 Å². The normalized spacial score (nSPS) is 10.9. The fourth-order valence-corrected chi connectivity index (χ4v) is 4.73. The summed E-state index contributed by atoms with van der Waals surface area (Å²) in [7, 11) is -1.40. The van der Waals surface area contributed by atoms with Crippen molar-refractivity contribution >= 4 is 33.3 Å². The van der Waals surface area contributed by atoms with Gasteiger partial charge in [-0.3, -0.25) is 9.10 Å². The second-order valence-electron chi connectivity index (χ2n) is 7.01. The highest BCUT2D eigenvalue weighted by Crippen LogP contribution is 2.32. The number of para-hydroxylation sites is 2. The van der Waals surface area contributed by atoms with Crippen molar-refractivity contribution in [2.45, 2.75) is 11.8 Å². The minimum Gasteiger partial charge on any atom is -0.495 e. The number of benzene rings is 3. The van der Waals surface area contributed by atoms with Crippen LogP contribution in [0.3, 0.4) is 0 Å². The summed E-state index contributed by atoms with van der Waals surface area (Å²) in [4.78, 5) is 25.0. The second-order valence-corrected chi connectivity index (χ2v) is 8.88. The van der Waals surface area contributed by atoms with E-state index in [4.69, 9.17) is 9.47 Å². The second kappa shape index (κ2) is 10.2. The van der Waals surface area contributed by atoms with E-state index in [1.807, 2.05) is 0 Å². The average molecular weight is 469 g/mol. The molecule has 0 saturated carbocycles. The summed E-state index contributed by atoms with van der Waals surface area (Å²) >= 11 is 0. The third-order valence-corrected chi connectivity index (χ3v) is 6.76. The largest absolute Gasteiger partial charge is 0.495 e. The van der Waals surface area contributed by atoms with Crippen LogP contribution in [0.4, 0.5) is 11.4 Å². The van der Waals surface area contributed by atoms with Gasteiger partial charge in [0.1, 0.15) is 12.3 Å². The zero-order chi connectivity index (χ0) is 24.0. The molecule has 3 aromatic carbocycles. The standard InChI is InChI=1S/C24H24N2O6S/c1-17-19(24(28)32-3)12-9-13-20(17)25-23(27)16-26(21-14-7-8-15-22(21)31-2)33(29,30)18-10-5-4-6-11-18/h4-15H,16H2,1-3H3,(H,25,27). The molecule has 3 rings (SSSR count). The lowest BCUT2D eigenvalue weighted by molar-refractivity contribution is -0.114. The number of hydrogen-bond donors (Lipinski definition) is 1. The van der Waals surface area contributed by atoms with Crippen LogP contribution in [0.15, 0.2) is 77.7 Å². The van der Waals surface area contributed by atoms with Gasteiger partial charge in [-0.1, -0.05) is 36.4 Å². The minimum atomic E-state index is -4.09. The van der Waals surface area contributed by atoms with E-state index in [2.05, 4.69) is 5.32 Å². The van der Waals surface area contributed by atoms with E-state index >= 15 is 0 Å². The molecule has 1 amide bonds. The molecule has 0 saturated heterocycles. The quantitative estimate of drug-likeness (QED) is 0.507. The summed E-state index contributed by atoms with van der Waals surface area (Å²) in [5, 5.41) is 2.70. The Balaban J connectivity index is 1.98. The first-order valence-electron chi connectivity index (χ1n) is 9.98. The highest BCUT2D eigenvalue weighted by molar-refractivity contribution is 7.92. The number of esters is 1. The van der Waals surface area contributed by atoms with Crippen molar-refractivity contribution in [2.24, 2.45) is 0 Å². The van der Waals surface area contributed by atoms with Gasteiger partial charge in [0.05, 0.1) is 30.4 Å².